The highest BCUT2D eigenvalue weighted by atomic mass is 19.1. The monoisotopic (exact) mass is 257 g/mol. The first kappa shape index (κ1) is 11.3. The summed E-state index contributed by atoms with van der Waals surface area (Å²) < 4.78 is 13.1. The highest BCUT2D eigenvalue weighted by molar-refractivity contribution is 6.01. The molecule has 0 fully saturated rings. The van der Waals surface area contributed by atoms with E-state index in [0.29, 0.717) is 22.4 Å². The Morgan fingerprint density at radius 1 is 1.32 bits per heavy atom. The fraction of sp³-hybridized carbons (Fsp3) is 0. The summed E-state index contributed by atoms with van der Waals surface area (Å²) in [6, 6.07) is 6.09. The number of hydrogen-bond donors (Lipinski definition) is 2. The fourth-order valence-electron chi connectivity index (χ4n) is 1.88. The van der Waals surface area contributed by atoms with E-state index in [9.17, 15) is 9.18 Å². The van der Waals surface area contributed by atoms with E-state index in [1.165, 1.54) is 18.3 Å². The summed E-state index contributed by atoms with van der Waals surface area (Å²) in [7, 11) is 0. The molecule has 0 spiro atoms. The number of aromatic carboxylic acids is 1. The van der Waals surface area contributed by atoms with Gasteiger partial charge in [0, 0.05) is 11.8 Å². The Balaban J connectivity index is 2.22. The molecule has 3 aromatic rings. The Morgan fingerprint density at radius 3 is 2.89 bits per heavy atom. The number of aromatic nitrogens is 3. The second-order valence-corrected chi connectivity index (χ2v) is 3.98. The Bertz CT molecular complexity index is 782. The molecule has 94 valence electrons. The number of benzene rings is 1. The van der Waals surface area contributed by atoms with Gasteiger partial charge in [-0.15, -0.1) is 0 Å². The maximum atomic E-state index is 13.1. The van der Waals surface area contributed by atoms with Crippen LogP contribution in [0.5, 0.6) is 0 Å². The molecule has 0 saturated carbocycles. The van der Waals surface area contributed by atoms with Crippen LogP contribution in [0.1, 0.15) is 10.4 Å². The minimum Gasteiger partial charge on any atom is -0.478 e. The molecule has 6 heteroatoms. The van der Waals surface area contributed by atoms with Gasteiger partial charge < -0.3 is 10.1 Å². The van der Waals surface area contributed by atoms with Crippen molar-refractivity contribution in [3.63, 3.8) is 0 Å². The number of H-pyrrole nitrogens is 1. The van der Waals surface area contributed by atoms with Crippen LogP contribution in [0.3, 0.4) is 0 Å². The van der Waals surface area contributed by atoms with Crippen LogP contribution in [-0.4, -0.2) is 26.0 Å². The molecule has 0 saturated heterocycles. The van der Waals surface area contributed by atoms with Gasteiger partial charge in [-0.1, -0.05) is 6.07 Å². The predicted molar refractivity (Wildman–Crippen MR) is 66.2 cm³/mol. The normalized spacial score (nSPS) is 10.8. The van der Waals surface area contributed by atoms with Crippen molar-refractivity contribution in [3.8, 4) is 11.4 Å². The molecule has 19 heavy (non-hydrogen) atoms. The average Bonchev–Trinajstić information content (AvgIpc) is 2.82. The summed E-state index contributed by atoms with van der Waals surface area (Å²) in [6.07, 6.45) is 2.55. The smallest absolute Gasteiger partial charge is 0.337 e. The number of carboxylic acid groups (broad SMARTS) is 1. The van der Waals surface area contributed by atoms with Gasteiger partial charge in [-0.3, -0.25) is 4.98 Å². The van der Waals surface area contributed by atoms with Crippen molar-refractivity contribution >= 4 is 17.0 Å². The second-order valence-electron chi connectivity index (χ2n) is 3.98. The molecule has 2 heterocycles. The number of nitrogens with one attached hydrogen (secondary N) is 1. The van der Waals surface area contributed by atoms with Gasteiger partial charge in [0.1, 0.15) is 17.2 Å². The Labute approximate surface area is 106 Å². The number of aromatic amines is 1. The Kier molecular flexibility index (Phi) is 2.49. The maximum Gasteiger partial charge on any atom is 0.337 e. The molecule has 0 aliphatic rings. The topological polar surface area (TPSA) is 78.9 Å². The summed E-state index contributed by atoms with van der Waals surface area (Å²) in [5.74, 6) is -1.15. The zero-order valence-electron chi connectivity index (χ0n) is 9.59. The summed E-state index contributed by atoms with van der Waals surface area (Å²) >= 11 is 0. The highest BCUT2D eigenvalue weighted by Gasteiger charge is 2.13. The lowest BCUT2D eigenvalue weighted by Gasteiger charge is -1.94. The fourth-order valence-corrected chi connectivity index (χ4v) is 1.88. The predicted octanol–water partition coefficient (Wildman–Crippen LogP) is 2.46. The SMILES string of the molecule is O=C(O)c1cccc2[nH]c(-c3cncc(F)c3)nc12. The van der Waals surface area contributed by atoms with Crippen LogP contribution in [0.2, 0.25) is 0 Å². The standard InChI is InChI=1S/C13H8FN3O2/c14-8-4-7(5-15-6-8)12-16-10-3-1-2-9(13(18)19)11(10)17-12/h1-6H,(H,16,17)(H,18,19). The van der Waals surface area contributed by atoms with Crippen LogP contribution in [0.4, 0.5) is 4.39 Å². The molecule has 2 N–H and O–H groups in total. The molecule has 0 radical (unpaired) electrons. The van der Waals surface area contributed by atoms with Gasteiger partial charge in [-0.05, 0) is 18.2 Å². The summed E-state index contributed by atoms with van der Waals surface area (Å²) in [5, 5.41) is 9.08. The summed E-state index contributed by atoms with van der Waals surface area (Å²) in [6.45, 7) is 0. The van der Waals surface area contributed by atoms with E-state index in [2.05, 4.69) is 15.0 Å². The van der Waals surface area contributed by atoms with Gasteiger partial charge in [0.25, 0.3) is 0 Å². The van der Waals surface area contributed by atoms with Gasteiger partial charge in [-0.2, -0.15) is 0 Å². The van der Waals surface area contributed by atoms with E-state index in [1.54, 1.807) is 12.1 Å². The van der Waals surface area contributed by atoms with E-state index in [1.807, 2.05) is 0 Å². The molecule has 0 bridgehead atoms. The first-order valence-corrected chi connectivity index (χ1v) is 5.48. The molecule has 2 aromatic heterocycles. The number of rotatable bonds is 2. The maximum absolute atomic E-state index is 13.1. The first-order valence-electron chi connectivity index (χ1n) is 5.48. The summed E-state index contributed by atoms with van der Waals surface area (Å²) in [4.78, 5) is 22.0. The number of halogens is 1. The zero-order chi connectivity index (χ0) is 13.4. The minimum absolute atomic E-state index is 0.101. The third-order valence-corrected chi connectivity index (χ3v) is 2.72. The zero-order valence-corrected chi connectivity index (χ0v) is 9.59. The molecular formula is C13H8FN3O2. The Morgan fingerprint density at radius 2 is 2.16 bits per heavy atom. The number of pyridine rings is 1. The molecule has 0 aliphatic heterocycles. The third-order valence-electron chi connectivity index (χ3n) is 2.72. The highest BCUT2D eigenvalue weighted by Crippen LogP contribution is 2.22. The van der Waals surface area contributed by atoms with Gasteiger partial charge >= 0.3 is 5.97 Å². The number of fused-ring (bicyclic) bond motifs is 1. The van der Waals surface area contributed by atoms with E-state index in [4.69, 9.17) is 5.11 Å². The van der Waals surface area contributed by atoms with Crippen molar-refractivity contribution in [2.75, 3.05) is 0 Å². The molecule has 1 aromatic carbocycles. The molecule has 3 rings (SSSR count). The van der Waals surface area contributed by atoms with Gasteiger partial charge in [0.05, 0.1) is 17.3 Å². The van der Waals surface area contributed by atoms with Crippen LogP contribution >= 0.6 is 0 Å². The summed E-state index contributed by atoms with van der Waals surface area (Å²) in [5.41, 5.74) is 1.49. The van der Waals surface area contributed by atoms with Crippen LogP contribution in [0.15, 0.2) is 36.7 Å². The molecule has 0 aliphatic carbocycles. The number of imidazole rings is 1. The van der Waals surface area contributed by atoms with Crippen molar-refractivity contribution in [3.05, 3.63) is 48.0 Å². The third kappa shape index (κ3) is 1.93. The van der Waals surface area contributed by atoms with Crippen LogP contribution < -0.4 is 0 Å². The minimum atomic E-state index is -1.05. The van der Waals surface area contributed by atoms with Gasteiger partial charge in [0.2, 0.25) is 0 Å². The molecule has 5 nitrogen and oxygen atoms in total. The van der Waals surface area contributed by atoms with E-state index in [0.717, 1.165) is 6.20 Å². The van der Waals surface area contributed by atoms with E-state index >= 15 is 0 Å². The lowest BCUT2D eigenvalue weighted by atomic mass is 10.2. The van der Waals surface area contributed by atoms with Crippen LogP contribution in [0.25, 0.3) is 22.4 Å². The average molecular weight is 257 g/mol. The molecule has 0 amide bonds. The number of hydrogen-bond acceptors (Lipinski definition) is 3. The lowest BCUT2D eigenvalue weighted by Crippen LogP contribution is -1.96. The lowest BCUT2D eigenvalue weighted by molar-refractivity contribution is 0.0699. The molecular weight excluding hydrogens is 249 g/mol. The van der Waals surface area contributed by atoms with Crippen molar-refractivity contribution in [1.82, 2.24) is 15.0 Å². The van der Waals surface area contributed by atoms with Crippen molar-refractivity contribution in [1.29, 1.82) is 0 Å². The largest absolute Gasteiger partial charge is 0.478 e. The number of carboxylic acids is 1. The first-order chi connectivity index (χ1) is 9.15. The molecule has 0 unspecified atom stereocenters. The second kappa shape index (κ2) is 4.16. The van der Waals surface area contributed by atoms with Crippen molar-refractivity contribution in [2.24, 2.45) is 0 Å². The van der Waals surface area contributed by atoms with Crippen LogP contribution in [-0.2, 0) is 0 Å². The Hall–Kier alpha value is -2.76. The van der Waals surface area contributed by atoms with Crippen LogP contribution in [0, 0.1) is 5.82 Å². The van der Waals surface area contributed by atoms with Crippen molar-refractivity contribution in [2.45, 2.75) is 0 Å². The number of nitrogens with zero attached hydrogens (tertiary/aromatic N) is 2. The number of carbonyl (C=O) groups is 1. The quantitative estimate of drug-likeness (QED) is 0.739. The number of para-hydroxylation sites is 1. The van der Waals surface area contributed by atoms with E-state index < -0.39 is 11.8 Å². The van der Waals surface area contributed by atoms with E-state index in [-0.39, 0.29) is 5.56 Å². The van der Waals surface area contributed by atoms with Crippen molar-refractivity contribution < 1.29 is 14.3 Å². The molecule has 0 atom stereocenters. The van der Waals surface area contributed by atoms with Gasteiger partial charge in [-0.25, -0.2) is 14.2 Å². The van der Waals surface area contributed by atoms with Gasteiger partial charge in [0.15, 0.2) is 0 Å².